The van der Waals surface area contributed by atoms with Crippen molar-refractivity contribution in [3.05, 3.63) is 41.4 Å². The number of aromatic nitrogens is 1. The van der Waals surface area contributed by atoms with Gasteiger partial charge in [0, 0.05) is 43.2 Å². The Bertz CT molecular complexity index is 878. The summed E-state index contributed by atoms with van der Waals surface area (Å²) in [6, 6.07) is 6.61. The number of benzene rings is 1. The highest BCUT2D eigenvalue weighted by Crippen LogP contribution is 2.51. The van der Waals surface area contributed by atoms with Crippen LogP contribution in [0.15, 0.2) is 35.8 Å². The summed E-state index contributed by atoms with van der Waals surface area (Å²) in [4.78, 5) is 25.0. The number of fused-ring (bicyclic) bond motifs is 1. The van der Waals surface area contributed by atoms with Crippen molar-refractivity contribution in [1.82, 2.24) is 15.6 Å². The number of nitrogens with two attached hydrogens (primary N) is 1. The monoisotopic (exact) mass is 504 g/mol. The van der Waals surface area contributed by atoms with E-state index in [1.165, 1.54) is 29.6 Å². The van der Waals surface area contributed by atoms with Gasteiger partial charge in [0.15, 0.2) is 0 Å². The molecule has 3 fully saturated rings. The molecule has 0 bridgehead atoms. The maximum atomic E-state index is 10.9. The molecule has 5 N–H and O–H groups in total. The molecule has 2 saturated carbocycles. The number of carbonyl (C=O) groups excluding carboxylic acids is 2. The predicted octanol–water partition coefficient (Wildman–Crippen LogP) is 2.35. The molecule has 0 radical (unpaired) electrons. The molecule has 1 aromatic heterocycles. The molecule has 10 heteroatoms. The van der Waals surface area contributed by atoms with E-state index in [1.54, 1.807) is 49.7 Å². The van der Waals surface area contributed by atoms with E-state index in [9.17, 15) is 14.7 Å². The first-order valence-corrected chi connectivity index (χ1v) is 13.1. The van der Waals surface area contributed by atoms with Gasteiger partial charge in [-0.3, -0.25) is 9.59 Å². The lowest BCUT2D eigenvalue weighted by atomic mass is 10.2. The molecule has 2 aromatic rings. The molecule has 0 spiro atoms. The Morgan fingerprint density at radius 3 is 2.49 bits per heavy atom. The van der Waals surface area contributed by atoms with Gasteiger partial charge in [-0.15, -0.1) is 0 Å². The molecule has 9 nitrogen and oxygen atoms in total. The van der Waals surface area contributed by atoms with Gasteiger partial charge in [0.1, 0.15) is 25.1 Å². The molecule has 3 unspecified atom stereocenters. The van der Waals surface area contributed by atoms with Gasteiger partial charge >= 0.3 is 0 Å². The van der Waals surface area contributed by atoms with Crippen LogP contribution in [-0.4, -0.2) is 60.9 Å². The SMILES string of the molecule is C1CC2CC2C1.NC(=O)c1ccc(OCCNCC(O)COc2nccs2)cc1.O=C1CCCN1. The van der Waals surface area contributed by atoms with E-state index in [2.05, 4.69) is 15.6 Å². The Kier molecular flexibility index (Phi) is 11.3. The average molecular weight is 505 g/mol. The smallest absolute Gasteiger partial charge is 0.273 e. The number of ether oxygens (including phenoxy) is 2. The molecule has 3 atom stereocenters. The second-order valence-electron chi connectivity index (χ2n) is 8.84. The lowest BCUT2D eigenvalue weighted by Gasteiger charge is -2.12. The first-order valence-electron chi connectivity index (χ1n) is 12.2. The van der Waals surface area contributed by atoms with Crippen molar-refractivity contribution in [2.75, 3.05) is 32.8 Å². The molecule has 2 heterocycles. The maximum Gasteiger partial charge on any atom is 0.273 e. The van der Waals surface area contributed by atoms with Crippen molar-refractivity contribution in [2.45, 2.75) is 44.6 Å². The molecule has 2 aliphatic carbocycles. The van der Waals surface area contributed by atoms with E-state index in [0.717, 1.165) is 19.4 Å². The van der Waals surface area contributed by atoms with Crippen LogP contribution in [0.1, 0.15) is 48.9 Å². The fourth-order valence-electron chi connectivity index (χ4n) is 3.96. The Balaban J connectivity index is 0.000000226. The number of thiazole rings is 1. The normalized spacial score (nSPS) is 20.3. The molecular weight excluding hydrogens is 468 g/mol. The van der Waals surface area contributed by atoms with Gasteiger partial charge in [0.05, 0.1) is 0 Å². The number of nitrogens with zero attached hydrogens (tertiary/aromatic N) is 1. The van der Waals surface area contributed by atoms with Crippen LogP contribution in [0.25, 0.3) is 0 Å². The Morgan fingerprint density at radius 1 is 1.23 bits per heavy atom. The van der Waals surface area contributed by atoms with Crippen LogP contribution >= 0.6 is 11.3 Å². The van der Waals surface area contributed by atoms with Gasteiger partial charge in [-0.05, 0) is 48.9 Å². The van der Waals surface area contributed by atoms with E-state index in [1.807, 2.05) is 5.38 Å². The average Bonchev–Trinajstić information content (AvgIpc) is 3.32. The summed E-state index contributed by atoms with van der Waals surface area (Å²) in [6.07, 6.45) is 9.04. The Morgan fingerprint density at radius 2 is 2.00 bits per heavy atom. The zero-order valence-corrected chi connectivity index (χ0v) is 20.8. The zero-order chi connectivity index (χ0) is 24.9. The highest BCUT2D eigenvalue weighted by atomic mass is 32.1. The number of nitrogens with one attached hydrogen (secondary N) is 2. The molecule has 1 aliphatic heterocycles. The fourth-order valence-corrected chi connectivity index (χ4v) is 4.45. The quantitative estimate of drug-likeness (QED) is 0.365. The van der Waals surface area contributed by atoms with Gasteiger partial charge < -0.3 is 30.9 Å². The third-order valence-electron chi connectivity index (χ3n) is 6.00. The minimum Gasteiger partial charge on any atom is -0.492 e. The molecule has 1 aromatic carbocycles. The summed E-state index contributed by atoms with van der Waals surface area (Å²) in [5.41, 5.74) is 5.60. The number of aliphatic hydroxyl groups excluding tert-OH is 1. The van der Waals surface area contributed by atoms with Crippen LogP contribution < -0.4 is 25.8 Å². The minimum atomic E-state index is -0.617. The van der Waals surface area contributed by atoms with Crippen LogP contribution in [0.4, 0.5) is 0 Å². The van der Waals surface area contributed by atoms with E-state index in [4.69, 9.17) is 15.2 Å². The van der Waals surface area contributed by atoms with Gasteiger partial charge in [-0.1, -0.05) is 30.6 Å². The minimum absolute atomic E-state index is 0.190. The molecule has 3 aliphatic rings. The standard InChI is InChI=1S/C15H19N3O4S.C6H10.C4H7NO/c16-14(20)11-1-3-13(4-2-11)21-7-5-17-9-12(19)10-22-15-18-6-8-23-15;1-2-5-4-6(5)3-1;6-4-2-1-3-5-4/h1-4,6,8,12,17,19H,5,7,9-10H2,(H2,16,20);5-6H,1-4H2;1-3H2,(H,5,6). The van der Waals surface area contributed by atoms with Crippen molar-refractivity contribution in [1.29, 1.82) is 0 Å². The van der Waals surface area contributed by atoms with Gasteiger partial charge in [-0.25, -0.2) is 4.98 Å². The fraction of sp³-hybridized carbons (Fsp3) is 0.560. The van der Waals surface area contributed by atoms with E-state index < -0.39 is 12.0 Å². The summed E-state index contributed by atoms with van der Waals surface area (Å²) >= 11 is 1.38. The van der Waals surface area contributed by atoms with Gasteiger partial charge in [0.25, 0.3) is 5.19 Å². The van der Waals surface area contributed by atoms with Crippen LogP contribution in [0.2, 0.25) is 0 Å². The van der Waals surface area contributed by atoms with E-state index in [0.29, 0.717) is 36.2 Å². The molecular formula is C25H36N4O5S. The highest BCUT2D eigenvalue weighted by Gasteiger charge is 2.40. The molecule has 35 heavy (non-hydrogen) atoms. The van der Waals surface area contributed by atoms with Crippen LogP contribution in [-0.2, 0) is 4.79 Å². The molecule has 5 rings (SSSR count). The number of hydrogen-bond acceptors (Lipinski definition) is 8. The van der Waals surface area contributed by atoms with Crippen molar-refractivity contribution in [3.8, 4) is 10.9 Å². The van der Waals surface area contributed by atoms with E-state index in [-0.39, 0.29) is 12.5 Å². The number of amides is 2. The van der Waals surface area contributed by atoms with Gasteiger partial charge in [0.2, 0.25) is 11.8 Å². The Hall–Kier alpha value is -2.69. The first kappa shape index (κ1) is 26.9. The number of aliphatic hydroxyl groups is 1. The summed E-state index contributed by atoms with van der Waals surface area (Å²) < 4.78 is 10.8. The summed E-state index contributed by atoms with van der Waals surface area (Å²) in [7, 11) is 0. The number of rotatable bonds is 10. The topological polar surface area (TPSA) is 136 Å². The van der Waals surface area contributed by atoms with Crippen molar-refractivity contribution < 1.29 is 24.2 Å². The molecule has 2 amide bonds. The largest absolute Gasteiger partial charge is 0.492 e. The van der Waals surface area contributed by atoms with Crippen molar-refractivity contribution in [3.63, 3.8) is 0 Å². The van der Waals surface area contributed by atoms with Crippen molar-refractivity contribution >= 4 is 23.2 Å². The highest BCUT2D eigenvalue weighted by molar-refractivity contribution is 7.11. The maximum absolute atomic E-state index is 10.9. The summed E-state index contributed by atoms with van der Waals surface area (Å²) in [6.45, 7) is 2.49. The van der Waals surface area contributed by atoms with Crippen LogP contribution in [0.5, 0.6) is 10.9 Å². The first-order chi connectivity index (χ1) is 17.0. The third kappa shape index (κ3) is 10.6. The third-order valence-corrected chi connectivity index (χ3v) is 6.68. The van der Waals surface area contributed by atoms with Gasteiger partial charge in [-0.2, -0.15) is 0 Å². The molecule has 192 valence electrons. The second kappa shape index (κ2) is 14.7. The van der Waals surface area contributed by atoms with E-state index >= 15 is 0 Å². The van der Waals surface area contributed by atoms with Crippen molar-refractivity contribution in [2.24, 2.45) is 17.6 Å². The zero-order valence-electron chi connectivity index (χ0n) is 20.0. The lowest BCUT2D eigenvalue weighted by molar-refractivity contribution is -0.119. The Labute approximate surface area is 210 Å². The predicted molar refractivity (Wildman–Crippen MR) is 135 cm³/mol. The van der Waals surface area contributed by atoms with Crippen LogP contribution in [0.3, 0.4) is 0 Å². The molecule has 1 saturated heterocycles. The number of carbonyl (C=O) groups is 2. The number of primary amides is 1. The number of hydrogen-bond donors (Lipinski definition) is 4. The van der Waals surface area contributed by atoms with Crippen LogP contribution in [0, 0.1) is 11.8 Å². The second-order valence-corrected chi connectivity index (χ2v) is 9.70. The lowest BCUT2D eigenvalue weighted by Crippen LogP contribution is -2.33. The summed E-state index contributed by atoms with van der Waals surface area (Å²) in [5.74, 6) is 2.82. The summed E-state index contributed by atoms with van der Waals surface area (Å²) in [5, 5.41) is 17.9.